The van der Waals surface area contributed by atoms with Gasteiger partial charge < -0.3 is 14.8 Å². The Morgan fingerprint density at radius 1 is 1.23 bits per heavy atom. The van der Waals surface area contributed by atoms with E-state index in [9.17, 15) is 18.0 Å². The second kappa shape index (κ2) is 8.65. The predicted octanol–water partition coefficient (Wildman–Crippen LogP) is 2.75. The van der Waals surface area contributed by atoms with Crippen LogP contribution in [0, 0.1) is 6.92 Å². The van der Waals surface area contributed by atoms with Crippen LogP contribution in [0.1, 0.15) is 32.8 Å². The normalized spacial score (nSPS) is 12.9. The molecule has 0 radical (unpaired) electrons. The number of benzene rings is 1. The van der Waals surface area contributed by atoms with Gasteiger partial charge in [0.15, 0.2) is 0 Å². The molecule has 1 N–H and O–H groups in total. The number of esters is 1. The minimum Gasteiger partial charge on any atom is -0.495 e. The van der Waals surface area contributed by atoms with Crippen molar-refractivity contribution in [2.24, 2.45) is 0 Å². The smallest absolute Gasteiger partial charge is 0.341 e. The standard InChI is InChI=1S/C20H24N2O6S2/c1-12-8-9-15(27-2)14(10-12)22(30(4,25)26)11-17(23)21-19-18(20(24)28-3)13-6-5-7-16(13)29-19/h8-10H,5-7,11H2,1-4H3,(H,21,23). The second-order valence-electron chi connectivity index (χ2n) is 7.05. The average Bonchev–Trinajstić information content (AvgIpc) is 3.25. The molecule has 0 unspecified atom stereocenters. The molecule has 1 aromatic heterocycles. The molecule has 0 spiro atoms. The number of carbonyl (C=O) groups is 2. The maximum atomic E-state index is 12.8. The minimum absolute atomic E-state index is 0.275. The topological polar surface area (TPSA) is 102 Å². The van der Waals surface area contributed by atoms with Crippen molar-refractivity contribution >= 4 is 43.9 Å². The first-order valence-corrected chi connectivity index (χ1v) is 12.0. The number of methoxy groups -OCH3 is 2. The Hall–Kier alpha value is -2.59. The fourth-order valence-electron chi connectivity index (χ4n) is 3.48. The van der Waals surface area contributed by atoms with E-state index >= 15 is 0 Å². The number of fused-ring (bicyclic) bond motifs is 1. The van der Waals surface area contributed by atoms with E-state index in [2.05, 4.69) is 5.32 Å². The van der Waals surface area contributed by atoms with E-state index in [0.29, 0.717) is 16.3 Å². The molecular formula is C20H24N2O6S2. The summed E-state index contributed by atoms with van der Waals surface area (Å²) in [6, 6.07) is 5.09. The van der Waals surface area contributed by atoms with Gasteiger partial charge in [0, 0.05) is 4.88 Å². The summed E-state index contributed by atoms with van der Waals surface area (Å²) in [5.41, 5.74) is 2.37. The van der Waals surface area contributed by atoms with Crippen molar-refractivity contribution in [3.63, 3.8) is 0 Å². The van der Waals surface area contributed by atoms with Crippen LogP contribution in [0.5, 0.6) is 5.75 Å². The number of nitrogens with zero attached hydrogens (tertiary/aromatic N) is 1. The Balaban J connectivity index is 1.91. The highest BCUT2D eigenvalue weighted by atomic mass is 32.2. The van der Waals surface area contributed by atoms with Crippen molar-refractivity contribution in [2.75, 3.05) is 36.6 Å². The molecule has 0 saturated heterocycles. The largest absolute Gasteiger partial charge is 0.495 e. The monoisotopic (exact) mass is 452 g/mol. The van der Waals surface area contributed by atoms with E-state index in [1.165, 1.54) is 25.6 Å². The lowest BCUT2D eigenvalue weighted by atomic mass is 10.1. The zero-order valence-corrected chi connectivity index (χ0v) is 18.9. The molecule has 1 amide bonds. The Morgan fingerprint density at radius 3 is 2.60 bits per heavy atom. The highest BCUT2D eigenvalue weighted by molar-refractivity contribution is 7.92. The van der Waals surface area contributed by atoms with Crippen LogP contribution in [0.25, 0.3) is 0 Å². The highest BCUT2D eigenvalue weighted by Gasteiger charge is 2.29. The fourth-order valence-corrected chi connectivity index (χ4v) is 5.63. The van der Waals surface area contributed by atoms with Gasteiger partial charge in [0.05, 0.1) is 31.7 Å². The number of thiophene rings is 1. The number of amides is 1. The van der Waals surface area contributed by atoms with Gasteiger partial charge in [-0.05, 0) is 49.4 Å². The molecule has 1 heterocycles. The molecule has 0 saturated carbocycles. The van der Waals surface area contributed by atoms with Crippen LogP contribution in [0.2, 0.25) is 0 Å². The molecule has 1 aromatic carbocycles. The lowest BCUT2D eigenvalue weighted by Crippen LogP contribution is -2.37. The van der Waals surface area contributed by atoms with Crippen LogP contribution in [-0.2, 0) is 32.4 Å². The van der Waals surface area contributed by atoms with Crippen molar-refractivity contribution in [3.8, 4) is 5.75 Å². The maximum absolute atomic E-state index is 12.8. The van der Waals surface area contributed by atoms with Gasteiger partial charge in [-0.1, -0.05) is 6.07 Å². The van der Waals surface area contributed by atoms with Gasteiger partial charge in [-0.15, -0.1) is 11.3 Å². The van der Waals surface area contributed by atoms with Gasteiger partial charge in [-0.2, -0.15) is 0 Å². The average molecular weight is 453 g/mol. The zero-order valence-electron chi connectivity index (χ0n) is 17.3. The van der Waals surface area contributed by atoms with Crippen molar-refractivity contribution in [3.05, 3.63) is 39.8 Å². The van der Waals surface area contributed by atoms with Crippen LogP contribution >= 0.6 is 11.3 Å². The quantitative estimate of drug-likeness (QED) is 0.648. The summed E-state index contributed by atoms with van der Waals surface area (Å²) >= 11 is 1.34. The van der Waals surface area contributed by atoms with Crippen LogP contribution in [0.4, 0.5) is 10.7 Å². The molecule has 10 heteroatoms. The Labute approximate surface area is 179 Å². The van der Waals surface area contributed by atoms with E-state index in [0.717, 1.165) is 45.8 Å². The van der Waals surface area contributed by atoms with Crippen LogP contribution in [0.15, 0.2) is 18.2 Å². The fraction of sp³-hybridized carbons (Fsp3) is 0.400. The van der Waals surface area contributed by atoms with E-state index in [1.54, 1.807) is 18.2 Å². The highest BCUT2D eigenvalue weighted by Crippen LogP contribution is 2.39. The molecule has 2 aromatic rings. The molecule has 0 aliphatic heterocycles. The van der Waals surface area contributed by atoms with E-state index in [4.69, 9.17) is 9.47 Å². The lowest BCUT2D eigenvalue weighted by Gasteiger charge is -2.24. The molecule has 162 valence electrons. The van der Waals surface area contributed by atoms with E-state index in [-0.39, 0.29) is 5.69 Å². The van der Waals surface area contributed by atoms with Gasteiger partial charge >= 0.3 is 5.97 Å². The van der Waals surface area contributed by atoms with Gasteiger partial charge in [0.1, 0.15) is 17.3 Å². The van der Waals surface area contributed by atoms with Crippen LogP contribution < -0.4 is 14.4 Å². The summed E-state index contributed by atoms with van der Waals surface area (Å²) in [4.78, 5) is 26.1. The Morgan fingerprint density at radius 2 is 1.97 bits per heavy atom. The number of nitrogens with one attached hydrogen (secondary N) is 1. The number of sulfonamides is 1. The lowest BCUT2D eigenvalue weighted by molar-refractivity contribution is -0.114. The number of rotatable bonds is 7. The Bertz CT molecular complexity index is 1090. The Kier molecular flexibility index (Phi) is 6.37. The molecule has 30 heavy (non-hydrogen) atoms. The molecule has 0 bridgehead atoms. The van der Waals surface area contributed by atoms with Crippen molar-refractivity contribution < 1.29 is 27.5 Å². The first-order chi connectivity index (χ1) is 14.2. The summed E-state index contributed by atoms with van der Waals surface area (Å²) in [5.74, 6) is -0.733. The molecular weight excluding hydrogens is 428 g/mol. The maximum Gasteiger partial charge on any atom is 0.341 e. The molecule has 0 fully saturated rings. The third-order valence-electron chi connectivity index (χ3n) is 4.85. The van der Waals surface area contributed by atoms with Gasteiger partial charge in [0.2, 0.25) is 15.9 Å². The molecule has 1 aliphatic carbocycles. The molecule has 0 atom stereocenters. The van der Waals surface area contributed by atoms with Gasteiger partial charge in [-0.25, -0.2) is 13.2 Å². The van der Waals surface area contributed by atoms with Crippen molar-refractivity contribution in [2.45, 2.75) is 26.2 Å². The number of ether oxygens (including phenoxy) is 2. The molecule has 8 nitrogen and oxygen atoms in total. The summed E-state index contributed by atoms with van der Waals surface area (Å²) in [6.07, 6.45) is 3.58. The summed E-state index contributed by atoms with van der Waals surface area (Å²) in [7, 11) is -1.05. The van der Waals surface area contributed by atoms with Gasteiger partial charge in [-0.3, -0.25) is 9.10 Å². The number of carbonyl (C=O) groups excluding carboxylic acids is 2. The van der Waals surface area contributed by atoms with E-state index < -0.39 is 28.4 Å². The minimum atomic E-state index is -3.78. The van der Waals surface area contributed by atoms with Crippen LogP contribution in [0.3, 0.4) is 0 Å². The van der Waals surface area contributed by atoms with Gasteiger partial charge in [0.25, 0.3) is 0 Å². The number of aryl methyl sites for hydroxylation is 2. The van der Waals surface area contributed by atoms with Crippen molar-refractivity contribution in [1.82, 2.24) is 0 Å². The number of hydrogen-bond acceptors (Lipinski definition) is 7. The number of anilines is 2. The van der Waals surface area contributed by atoms with E-state index in [1.807, 2.05) is 6.92 Å². The first-order valence-electron chi connectivity index (χ1n) is 9.30. The second-order valence-corrected chi connectivity index (χ2v) is 10.1. The summed E-state index contributed by atoms with van der Waals surface area (Å²) < 4.78 is 36.1. The third kappa shape index (κ3) is 4.44. The molecule has 3 rings (SSSR count). The zero-order chi connectivity index (χ0) is 22.1. The third-order valence-corrected chi connectivity index (χ3v) is 7.19. The first kappa shape index (κ1) is 22.1. The summed E-state index contributed by atoms with van der Waals surface area (Å²) in [6.45, 7) is 1.36. The SMILES string of the molecule is COC(=O)c1c(NC(=O)CN(c2cc(C)ccc2OC)S(C)(=O)=O)sc2c1CCC2. The molecule has 1 aliphatic rings. The predicted molar refractivity (Wildman–Crippen MR) is 116 cm³/mol. The van der Waals surface area contributed by atoms with Crippen molar-refractivity contribution in [1.29, 1.82) is 0 Å². The summed E-state index contributed by atoms with van der Waals surface area (Å²) in [5, 5.41) is 3.10. The van der Waals surface area contributed by atoms with Crippen LogP contribution in [-0.4, -0.2) is 47.3 Å². The number of hydrogen-bond donors (Lipinski definition) is 1.